The molecular weight excluding hydrogens is 336 g/mol. The van der Waals surface area contributed by atoms with Crippen LogP contribution < -0.4 is 9.62 Å². The van der Waals surface area contributed by atoms with Crippen LogP contribution in [0.5, 0.6) is 0 Å². The molecule has 2 aromatic carbocycles. The van der Waals surface area contributed by atoms with Crippen molar-refractivity contribution in [3.63, 3.8) is 0 Å². The van der Waals surface area contributed by atoms with Crippen molar-refractivity contribution in [3.8, 4) is 0 Å². The maximum atomic E-state index is 12.1. The van der Waals surface area contributed by atoms with Gasteiger partial charge in [-0.3, -0.25) is 9.10 Å². The minimum absolute atomic E-state index is 0.135. The van der Waals surface area contributed by atoms with Crippen molar-refractivity contribution in [1.82, 2.24) is 0 Å². The van der Waals surface area contributed by atoms with Gasteiger partial charge in [-0.25, -0.2) is 8.42 Å². The van der Waals surface area contributed by atoms with Crippen LogP contribution in [0.1, 0.15) is 16.8 Å². The highest BCUT2D eigenvalue weighted by Gasteiger charge is 2.29. The average molecular weight is 351 g/mol. The summed E-state index contributed by atoms with van der Waals surface area (Å²) in [4.78, 5) is 12.1. The topological polar surface area (TPSA) is 66.5 Å². The van der Waals surface area contributed by atoms with Gasteiger partial charge in [0.1, 0.15) is 0 Å². The lowest BCUT2D eigenvalue weighted by Gasteiger charge is -2.19. The summed E-state index contributed by atoms with van der Waals surface area (Å²) in [5.74, 6) is -0.112. The molecule has 7 heteroatoms. The molecule has 1 saturated heterocycles. The van der Waals surface area contributed by atoms with Gasteiger partial charge in [0.2, 0.25) is 10.0 Å². The Hall–Kier alpha value is -2.05. The van der Waals surface area contributed by atoms with E-state index in [2.05, 4.69) is 5.32 Å². The summed E-state index contributed by atoms with van der Waals surface area (Å²) < 4.78 is 25.2. The van der Waals surface area contributed by atoms with Gasteiger partial charge in [-0.2, -0.15) is 0 Å². The zero-order valence-corrected chi connectivity index (χ0v) is 13.8. The fraction of sp³-hybridized carbons (Fsp3) is 0.188. The second-order valence-corrected chi connectivity index (χ2v) is 7.65. The van der Waals surface area contributed by atoms with Gasteiger partial charge in [-0.1, -0.05) is 29.8 Å². The lowest BCUT2D eigenvalue weighted by molar-refractivity contribution is 0.102. The lowest BCUT2D eigenvalue weighted by Crippen LogP contribution is -2.25. The Morgan fingerprint density at radius 2 is 1.87 bits per heavy atom. The van der Waals surface area contributed by atoms with Crippen LogP contribution in [0.4, 0.5) is 11.4 Å². The van der Waals surface area contributed by atoms with Crippen molar-refractivity contribution in [2.24, 2.45) is 0 Å². The minimum Gasteiger partial charge on any atom is -0.322 e. The number of nitrogens with one attached hydrogen (secondary N) is 1. The van der Waals surface area contributed by atoms with E-state index in [0.29, 0.717) is 34.9 Å². The van der Waals surface area contributed by atoms with Gasteiger partial charge in [0.15, 0.2) is 0 Å². The van der Waals surface area contributed by atoms with E-state index >= 15 is 0 Å². The maximum absolute atomic E-state index is 12.1. The molecule has 1 amide bonds. The zero-order valence-electron chi connectivity index (χ0n) is 12.2. The van der Waals surface area contributed by atoms with Crippen LogP contribution in [0.15, 0.2) is 48.5 Å². The number of amides is 1. The number of carbonyl (C=O) groups excluding carboxylic acids is 1. The summed E-state index contributed by atoms with van der Waals surface area (Å²) >= 11 is 6.21. The van der Waals surface area contributed by atoms with Crippen molar-refractivity contribution < 1.29 is 13.2 Å². The van der Waals surface area contributed by atoms with Gasteiger partial charge in [0, 0.05) is 17.8 Å². The second kappa shape index (κ2) is 6.22. The molecule has 5 nitrogen and oxygen atoms in total. The van der Waals surface area contributed by atoms with Gasteiger partial charge in [0.05, 0.1) is 16.5 Å². The van der Waals surface area contributed by atoms with E-state index in [-0.39, 0.29) is 11.7 Å². The third-order valence-corrected chi connectivity index (χ3v) is 5.77. The van der Waals surface area contributed by atoms with Crippen molar-refractivity contribution in [1.29, 1.82) is 0 Å². The molecule has 120 valence electrons. The first-order valence-electron chi connectivity index (χ1n) is 7.14. The standard InChI is InChI=1S/C16H15ClN2O3S/c17-14-11-13(18-16(20)12-5-2-1-3-6-12)7-8-15(14)19-9-4-10-23(19,21)22/h1-3,5-8,11H,4,9-10H2,(H,18,20). The quantitative estimate of drug-likeness (QED) is 0.924. The molecule has 0 saturated carbocycles. The van der Waals surface area contributed by atoms with E-state index in [1.165, 1.54) is 4.31 Å². The molecule has 2 aromatic rings. The summed E-state index contributed by atoms with van der Waals surface area (Å²) in [6.07, 6.45) is 0.588. The molecular formula is C16H15ClN2O3S. The summed E-state index contributed by atoms with van der Waals surface area (Å²) in [7, 11) is -3.28. The highest BCUT2D eigenvalue weighted by molar-refractivity contribution is 7.93. The molecule has 0 atom stereocenters. The number of nitrogens with zero attached hydrogens (tertiary/aromatic N) is 1. The largest absolute Gasteiger partial charge is 0.322 e. The van der Waals surface area contributed by atoms with Crippen molar-refractivity contribution in [3.05, 3.63) is 59.1 Å². The Bertz CT molecular complexity index is 838. The van der Waals surface area contributed by atoms with E-state index in [0.717, 1.165) is 0 Å². The van der Waals surface area contributed by atoms with Crippen LogP contribution in [0, 0.1) is 0 Å². The highest BCUT2D eigenvalue weighted by Crippen LogP contribution is 2.33. The first-order valence-corrected chi connectivity index (χ1v) is 9.12. The van der Waals surface area contributed by atoms with Crippen molar-refractivity contribution in [2.75, 3.05) is 21.9 Å². The number of hydrogen-bond acceptors (Lipinski definition) is 3. The van der Waals surface area contributed by atoms with Crippen LogP contribution in [-0.4, -0.2) is 26.6 Å². The van der Waals surface area contributed by atoms with Crippen LogP contribution in [0.25, 0.3) is 0 Å². The van der Waals surface area contributed by atoms with Crippen LogP contribution in [0.3, 0.4) is 0 Å². The van der Waals surface area contributed by atoms with Gasteiger partial charge in [-0.05, 0) is 36.8 Å². The molecule has 0 bridgehead atoms. The smallest absolute Gasteiger partial charge is 0.255 e. The maximum Gasteiger partial charge on any atom is 0.255 e. The molecule has 0 aromatic heterocycles. The van der Waals surface area contributed by atoms with E-state index in [1.54, 1.807) is 42.5 Å². The number of carbonyl (C=O) groups is 1. The number of rotatable bonds is 3. The van der Waals surface area contributed by atoms with Crippen molar-refractivity contribution in [2.45, 2.75) is 6.42 Å². The van der Waals surface area contributed by atoms with Crippen molar-refractivity contribution >= 4 is 38.9 Å². The Morgan fingerprint density at radius 1 is 1.13 bits per heavy atom. The fourth-order valence-corrected chi connectivity index (χ4v) is 4.40. The predicted molar refractivity (Wildman–Crippen MR) is 91.6 cm³/mol. The normalized spacial score (nSPS) is 16.3. The van der Waals surface area contributed by atoms with E-state index in [1.807, 2.05) is 6.07 Å². The number of anilines is 2. The monoisotopic (exact) mass is 350 g/mol. The first kappa shape index (κ1) is 15.8. The molecule has 1 N–H and O–H groups in total. The molecule has 1 aliphatic rings. The molecule has 1 fully saturated rings. The zero-order chi connectivity index (χ0) is 16.4. The van der Waals surface area contributed by atoms with E-state index in [4.69, 9.17) is 11.6 Å². The summed E-state index contributed by atoms with van der Waals surface area (Å²) in [6, 6.07) is 13.6. The Morgan fingerprint density at radius 3 is 2.48 bits per heavy atom. The highest BCUT2D eigenvalue weighted by atomic mass is 35.5. The van der Waals surface area contributed by atoms with Crippen LogP contribution in [0.2, 0.25) is 5.02 Å². The Kier molecular flexibility index (Phi) is 4.28. The fourth-order valence-electron chi connectivity index (χ4n) is 2.49. The molecule has 23 heavy (non-hydrogen) atoms. The summed E-state index contributed by atoms with van der Waals surface area (Å²) in [6.45, 7) is 0.428. The first-order chi connectivity index (χ1) is 11.0. The molecule has 1 aliphatic heterocycles. The molecule has 0 unspecified atom stereocenters. The van der Waals surface area contributed by atoms with Crippen LogP contribution in [-0.2, 0) is 10.0 Å². The van der Waals surface area contributed by atoms with E-state index in [9.17, 15) is 13.2 Å². The number of sulfonamides is 1. The lowest BCUT2D eigenvalue weighted by atomic mass is 10.2. The Labute approximate surface area is 139 Å². The molecule has 1 heterocycles. The number of hydrogen-bond donors (Lipinski definition) is 1. The second-order valence-electron chi connectivity index (χ2n) is 5.23. The molecule has 3 rings (SSSR count). The predicted octanol–water partition coefficient (Wildman–Crippen LogP) is 3.13. The average Bonchev–Trinajstić information content (AvgIpc) is 2.87. The summed E-state index contributed by atoms with van der Waals surface area (Å²) in [5.41, 5.74) is 1.50. The minimum atomic E-state index is -3.28. The third-order valence-electron chi connectivity index (χ3n) is 3.61. The molecule has 0 spiro atoms. The van der Waals surface area contributed by atoms with E-state index < -0.39 is 10.0 Å². The SMILES string of the molecule is O=C(Nc1ccc(N2CCCS2(=O)=O)c(Cl)c1)c1ccccc1. The van der Waals surface area contributed by atoms with Gasteiger partial charge < -0.3 is 5.32 Å². The molecule has 0 aliphatic carbocycles. The third kappa shape index (κ3) is 3.33. The summed E-state index contributed by atoms with van der Waals surface area (Å²) in [5, 5.41) is 3.04. The van der Waals surface area contributed by atoms with Gasteiger partial charge >= 0.3 is 0 Å². The number of benzene rings is 2. The number of halogens is 1. The van der Waals surface area contributed by atoms with Crippen LogP contribution >= 0.6 is 11.6 Å². The molecule has 0 radical (unpaired) electrons. The van der Waals surface area contributed by atoms with Gasteiger partial charge in [0.25, 0.3) is 5.91 Å². The Balaban J connectivity index is 1.81. The van der Waals surface area contributed by atoms with Gasteiger partial charge in [-0.15, -0.1) is 0 Å².